The molecule has 0 spiro atoms. The third-order valence-electron chi connectivity index (χ3n) is 4.20. The van der Waals surface area contributed by atoms with Gasteiger partial charge < -0.3 is 20.1 Å². The minimum Gasteiger partial charge on any atom is -0.497 e. The van der Waals surface area contributed by atoms with Gasteiger partial charge in [0, 0.05) is 10.2 Å². The Kier molecular flexibility index (Phi) is 5.81. The van der Waals surface area contributed by atoms with E-state index in [-0.39, 0.29) is 12.6 Å². The van der Waals surface area contributed by atoms with Crippen LogP contribution in [0.1, 0.15) is 24.1 Å². The van der Waals surface area contributed by atoms with Gasteiger partial charge in [0.2, 0.25) is 0 Å². The molecule has 0 bridgehead atoms. The predicted molar refractivity (Wildman–Crippen MR) is 104 cm³/mol. The molecule has 6 nitrogen and oxygen atoms in total. The molecule has 0 saturated heterocycles. The molecule has 2 N–H and O–H groups in total. The molecule has 27 heavy (non-hydrogen) atoms. The first-order valence-electron chi connectivity index (χ1n) is 8.31. The van der Waals surface area contributed by atoms with Crippen LogP contribution in [-0.2, 0) is 16.1 Å². The highest BCUT2D eigenvalue weighted by molar-refractivity contribution is 9.10. The van der Waals surface area contributed by atoms with Crippen LogP contribution in [0.2, 0.25) is 0 Å². The topological polar surface area (TPSA) is 76.7 Å². The number of benzene rings is 2. The number of ether oxygens (including phenoxy) is 2. The van der Waals surface area contributed by atoms with Gasteiger partial charge in [0.25, 0.3) is 0 Å². The number of halogens is 1. The van der Waals surface area contributed by atoms with Crippen LogP contribution in [0.15, 0.2) is 64.3 Å². The highest BCUT2D eigenvalue weighted by atomic mass is 79.9. The molecule has 2 aromatic carbocycles. The van der Waals surface area contributed by atoms with Crippen molar-refractivity contribution in [2.75, 3.05) is 7.11 Å². The van der Waals surface area contributed by atoms with Crippen molar-refractivity contribution in [3.05, 3.63) is 75.4 Å². The molecule has 0 fully saturated rings. The molecular weight excluding hydrogens is 412 g/mol. The summed E-state index contributed by atoms with van der Waals surface area (Å²) < 4.78 is 11.5. The molecule has 0 radical (unpaired) electrons. The van der Waals surface area contributed by atoms with Crippen LogP contribution < -0.4 is 15.4 Å². The number of nitrogens with one attached hydrogen (secondary N) is 2. The molecule has 0 aromatic heterocycles. The summed E-state index contributed by atoms with van der Waals surface area (Å²) in [4.78, 5) is 24.7. The average molecular weight is 431 g/mol. The van der Waals surface area contributed by atoms with E-state index in [4.69, 9.17) is 9.47 Å². The number of rotatable bonds is 5. The Morgan fingerprint density at radius 3 is 2.59 bits per heavy atom. The largest absolute Gasteiger partial charge is 0.497 e. The number of amides is 2. The first-order valence-corrected chi connectivity index (χ1v) is 9.11. The van der Waals surface area contributed by atoms with Crippen LogP contribution in [-0.4, -0.2) is 19.1 Å². The maximum absolute atomic E-state index is 12.8. The molecule has 2 amide bonds. The number of urea groups is 1. The molecule has 1 heterocycles. The molecule has 7 heteroatoms. The fourth-order valence-electron chi connectivity index (χ4n) is 2.85. The number of carbonyl (C=O) groups is 2. The minimum absolute atomic E-state index is 0.124. The summed E-state index contributed by atoms with van der Waals surface area (Å²) in [6.45, 7) is 1.81. The Labute approximate surface area is 165 Å². The highest BCUT2D eigenvalue weighted by Crippen LogP contribution is 2.29. The third kappa shape index (κ3) is 4.49. The Morgan fingerprint density at radius 2 is 1.93 bits per heavy atom. The SMILES string of the molecule is COc1ccc(COC(=O)C2=C(C)NC(=O)N[C@@H]2c2cccc(Br)c2)cc1. The molecule has 140 valence electrons. The van der Waals surface area contributed by atoms with Gasteiger partial charge in [-0.05, 0) is 42.3 Å². The zero-order valence-corrected chi connectivity index (χ0v) is 16.5. The van der Waals surface area contributed by atoms with Gasteiger partial charge in [-0.25, -0.2) is 9.59 Å². The number of esters is 1. The second-order valence-corrected chi connectivity index (χ2v) is 6.97. The Hall–Kier alpha value is -2.80. The number of carbonyl (C=O) groups excluding carboxylic acids is 2. The van der Waals surface area contributed by atoms with Gasteiger partial charge in [-0.2, -0.15) is 0 Å². The van der Waals surface area contributed by atoms with E-state index in [9.17, 15) is 9.59 Å². The average Bonchev–Trinajstić information content (AvgIpc) is 2.66. The van der Waals surface area contributed by atoms with Crippen molar-refractivity contribution < 1.29 is 19.1 Å². The van der Waals surface area contributed by atoms with Crippen LogP contribution >= 0.6 is 15.9 Å². The molecular formula is C20H19BrN2O4. The first-order chi connectivity index (χ1) is 13.0. The monoisotopic (exact) mass is 430 g/mol. The van der Waals surface area contributed by atoms with Crippen LogP contribution in [0, 0.1) is 0 Å². The molecule has 0 aliphatic carbocycles. The fourth-order valence-corrected chi connectivity index (χ4v) is 3.27. The highest BCUT2D eigenvalue weighted by Gasteiger charge is 2.32. The zero-order chi connectivity index (χ0) is 19.4. The van der Waals surface area contributed by atoms with Gasteiger partial charge in [-0.3, -0.25) is 0 Å². The summed E-state index contributed by atoms with van der Waals surface area (Å²) >= 11 is 3.42. The molecule has 3 rings (SSSR count). The van der Waals surface area contributed by atoms with Gasteiger partial charge in [-0.1, -0.05) is 40.2 Å². The van der Waals surface area contributed by atoms with E-state index in [2.05, 4.69) is 26.6 Å². The quantitative estimate of drug-likeness (QED) is 0.706. The van der Waals surface area contributed by atoms with E-state index in [1.165, 1.54) is 0 Å². The van der Waals surface area contributed by atoms with Crippen molar-refractivity contribution in [2.45, 2.75) is 19.6 Å². The smallest absolute Gasteiger partial charge is 0.338 e. The summed E-state index contributed by atoms with van der Waals surface area (Å²) in [7, 11) is 1.59. The molecule has 1 aliphatic heterocycles. The molecule has 0 saturated carbocycles. The third-order valence-corrected chi connectivity index (χ3v) is 4.69. The normalized spacial score (nSPS) is 16.4. The number of allylic oxidation sites excluding steroid dienone is 1. The van der Waals surface area contributed by atoms with E-state index in [0.29, 0.717) is 11.3 Å². The lowest BCUT2D eigenvalue weighted by Crippen LogP contribution is -2.45. The predicted octanol–water partition coefficient (Wildman–Crippen LogP) is 3.83. The zero-order valence-electron chi connectivity index (χ0n) is 14.9. The van der Waals surface area contributed by atoms with E-state index >= 15 is 0 Å². The summed E-state index contributed by atoms with van der Waals surface area (Å²) in [5, 5.41) is 5.43. The number of hydrogen-bond acceptors (Lipinski definition) is 4. The van der Waals surface area contributed by atoms with E-state index in [1.54, 1.807) is 26.2 Å². The second kappa shape index (κ2) is 8.26. The van der Waals surface area contributed by atoms with Crippen molar-refractivity contribution in [3.8, 4) is 5.75 Å². The number of methoxy groups -OCH3 is 1. The van der Waals surface area contributed by atoms with Crippen LogP contribution in [0.5, 0.6) is 5.75 Å². The lowest BCUT2D eigenvalue weighted by molar-refractivity contribution is -0.140. The Bertz CT molecular complexity index is 893. The van der Waals surface area contributed by atoms with Gasteiger partial charge in [0.15, 0.2) is 0 Å². The maximum atomic E-state index is 12.8. The van der Waals surface area contributed by atoms with Gasteiger partial charge >= 0.3 is 12.0 Å². The minimum atomic E-state index is -0.584. The van der Waals surface area contributed by atoms with Crippen LogP contribution in [0.3, 0.4) is 0 Å². The second-order valence-electron chi connectivity index (χ2n) is 6.05. The lowest BCUT2D eigenvalue weighted by atomic mass is 9.96. The van der Waals surface area contributed by atoms with E-state index in [1.807, 2.05) is 36.4 Å². The van der Waals surface area contributed by atoms with Gasteiger partial charge in [0.05, 0.1) is 18.7 Å². The van der Waals surface area contributed by atoms with Gasteiger partial charge in [0.1, 0.15) is 12.4 Å². The summed E-state index contributed by atoms with van der Waals surface area (Å²) in [6.07, 6.45) is 0. The molecule has 1 atom stereocenters. The van der Waals surface area contributed by atoms with Crippen molar-refractivity contribution in [1.82, 2.24) is 10.6 Å². The van der Waals surface area contributed by atoms with Crippen LogP contribution in [0.4, 0.5) is 4.79 Å². The summed E-state index contributed by atoms with van der Waals surface area (Å²) in [6, 6.07) is 13.8. The molecule has 2 aromatic rings. The van der Waals surface area contributed by atoms with Crippen molar-refractivity contribution in [3.63, 3.8) is 0 Å². The summed E-state index contributed by atoms with van der Waals surface area (Å²) in [5.41, 5.74) is 2.48. The van der Waals surface area contributed by atoms with Crippen LogP contribution in [0.25, 0.3) is 0 Å². The summed E-state index contributed by atoms with van der Waals surface area (Å²) in [5.74, 6) is 0.248. The maximum Gasteiger partial charge on any atom is 0.338 e. The van der Waals surface area contributed by atoms with Gasteiger partial charge in [-0.15, -0.1) is 0 Å². The van der Waals surface area contributed by atoms with Crippen molar-refractivity contribution >= 4 is 27.9 Å². The molecule has 0 unspecified atom stereocenters. The van der Waals surface area contributed by atoms with Crippen molar-refractivity contribution in [1.29, 1.82) is 0 Å². The standard InChI is InChI=1S/C20H19BrN2O4/c1-12-17(19(24)27-11-13-6-8-16(26-2)9-7-13)18(23-20(25)22-12)14-4-3-5-15(21)10-14/h3-10,18H,11H2,1-2H3,(H2,22,23,25)/t18-/m1/s1. The van der Waals surface area contributed by atoms with Crippen molar-refractivity contribution in [2.24, 2.45) is 0 Å². The lowest BCUT2D eigenvalue weighted by Gasteiger charge is -2.28. The first kappa shape index (κ1) is 19.0. The van der Waals surface area contributed by atoms with E-state index < -0.39 is 12.0 Å². The Morgan fingerprint density at radius 1 is 1.19 bits per heavy atom. The number of hydrogen-bond donors (Lipinski definition) is 2. The fraction of sp³-hybridized carbons (Fsp3) is 0.200. The van der Waals surface area contributed by atoms with E-state index in [0.717, 1.165) is 21.3 Å². The Balaban J connectivity index is 1.80. The molecule has 1 aliphatic rings.